The number of carbonyl (C=O) groups excluding carboxylic acids is 3. The van der Waals surface area contributed by atoms with Gasteiger partial charge in [0.25, 0.3) is 5.91 Å². The summed E-state index contributed by atoms with van der Waals surface area (Å²) in [5, 5.41) is 4.90. The smallest absolute Gasteiger partial charge is 0.328 e. The summed E-state index contributed by atoms with van der Waals surface area (Å²) in [4.78, 5) is 35.8. The van der Waals surface area contributed by atoms with Gasteiger partial charge in [0.1, 0.15) is 6.04 Å². The molecule has 1 heterocycles. The fourth-order valence-electron chi connectivity index (χ4n) is 1.33. The quantitative estimate of drug-likeness (QED) is 0.770. The van der Waals surface area contributed by atoms with Crippen LogP contribution in [0.1, 0.15) is 21.5 Å². The fourth-order valence-corrected chi connectivity index (χ4v) is 2.12. The topological polar surface area (TPSA) is 84.5 Å². The van der Waals surface area contributed by atoms with Gasteiger partial charge in [0.2, 0.25) is 5.91 Å². The maximum Gasteiger partial charge on any atom is 0.328 e. The van der Waals surface area contributed by atoms with Crippen LogP contribution in [0.3, 0.4) is 0 Å². The molecule has 0 fully saturated rings. The highest BCUT2D eigenvalue weighted by atomic mass is 32.1. The predicted octanol–water partition coefficient (Wildman–Crippen LogP) is 0.464. The minimum atomic E-state index is -0.738. The molecule has 0 aliphatic heterocycles. The molecule has 0 aliphatic carbocycles. The highest BCUT2D eigenvalue weighted by Gasteiger charge is 2.16. The highest BCUT2D eigenvalue weighted by molar-refractivity contribution is 7.13. The van der Waals surface area contributed by atoms with E-state index in [0.29, 0.717) is 4.88 Å². The molecule has 1 aromatic rings. The molecule has 2 N–H and O–H groups in total. The fraction of sp³-hybridized carbons (Fsp3) is 0.417. The zero-order valence-electron chi connectivity index (χ0n) is 11.0. The minimum Gasteiger partial charge on any atom is -0.467 e. The SMILES string of the molecule is COC(=O)C(C)NC(=O)CNC(=O)c1ccc(C)s1. The molecular formula is C12H16N2O4S. The van der Waals surface area contributed by atoms with Gasteiger partial charge in [-0.25, -0.2) is 4.79 Å². The van der Waals surface area contributed by atoms with Gasteiger partial charge in [-0.15, -0.1) is 11.3 Å². The number of esters is 1. The van der Waals surface area contributed by atoms with Crippen LogP contribution in [-0.2, 0) is 14.3 Å². The van der Waals surface area contributed by atoms with E-state index in [9.17, 15) is 14.4 Å². The highest BCUT2D eigenvalue weighted by Crippen LogP contribution is 2.14. The number of aryl methyl sites for hydroxylation is 1. The van der Waals surface area contributed by atoms with Crippen molar-refractivity contribution in [2.45, 2.75) is 19.9 Å². The van der Waals surface area contributed by atoms with E-state index >= 15 is 0 Å². The molecule has 0 saturated heterocycles. The Morgan fingerprint density at radius 2 is 2.05 bits per heavy atom. The number of hydrogen-bond acceptors (Lipinski definition) is 5. The Hall–Kier alpha value is -1.89. The van der Waals surface area contributed by atoms with Crippen molar-refractivity contribution in [2.75, 3.05) is 13.7 Å². The largest absolute Gasteiger partial charge is 0.467 e. The van der Waals surface area contributed by atoms with Crippen LogP contribution in [0.4, 0.5) is 0 Å². The van der Waals surface area contributed by atoms with Crippen molar-refractivity contribution >= 4 is 29.1 Å². The van der Waals surface area contributed by atoms with Gasteiger partial charge in [0.15, 0.2) is 0 Å². The standard InChI is InChI=1S/C12H16N2O4S/c1-7-4-5-9(19-7)11(16)13-6-10(15)14-8(2)12(17)18-3/h4-5,8H,6H2,1-3H3,(H,13,16)(H,14,15). The first-order chi connectivity index (χ1) is 8.93. The van der Waals surface area contributed by atoms with Crippen molar-refractivity contribution < 1.29 is 19.1 Å². The first-order valence-corrected chi connectivity index (χ1v) is 6.47. The van der Waals surface area contributed by atoms with Crippen molar-refractivity contribution in [3.8, 4) is 0 Å². The van der Waals surface area contributed by atoms with Gasteiger partial charge in [-0.05, 0) is 26.0 Å². The molecule has 0 aromatic carbocycles. The molecule has 104 valence electrons. The number of nitrogens with one attached hydrogen (secondary N) is 2. The third-order valence-electron chi connectivity index (χ3n) is 2.31. The molecule has 1 rings (SSSR count). The third kappa shape index (κ3) is 4.70. The summed E-state index contributed by atoms with van der Waals surface area (Å²) in [6.45, 7) is 3.22. The van der Waals surface area contributed by atoms with Gasteiger partial charge in [-0.2, -0.15) is 0 Å². The minimum absolute atomic E-state index is 0.183. The molecular weight excluding hydrogens is 268 g/mol. The summed E-state index contributed by atoms with van der Waals surface area (Å²) < 4.78 is 4.47. The maximum absolute atomic E-state index is 11.7. The maximum atomic E-state index is 11.7. The number of amides is 2. The van der Waals surface area contributed by atoms with Crippen molar-refractivity contribution in [1.29, 1.82) is 0 Å². The van der Waals surface area contributed by atoms with Gasteiger partial charge in [0, 0.05) is 4.88 Å². The number of methoxy groups -OCH3 is 1. The summed E-state index contributed by atoms with van der Waals surface area (Å²) in [6.07, 6.45) is 0. The summed E-state index contributed by atoms with van der Waals surface area (Å²) >= 11 is 1.35. The van der Waals surface area contributed by atoms with E-state index in [-0.39, 0.29) is 12.5 Å². The molecule has 1 unspecified atom stereocenters. The molecule has 0 radical (unpaired) electrons. The van der Waals surface area contributed by atoms with Crippen molar-refractivity contribution in [3.05, 3.63) is 21.9 Å². The number of rotatable bonds is 5. The molecule has 7 heteroatoms. The Kier molecular flexibility index (Phi) is 5.50. The van der Waals surface area contributed by atoms with Crippen LogP contribution in [0.15, 0.2) is 12.1 Å². The van der Waals surface area contributed by atoms with Crippen LogP contribution in [0.25, 0.3) is 0 Å². The third-order valence-corrected chi connectivity index (χ3v) is 3.31. The van der Waals surface area contributed by atoms with Gasteiger partial charge in [-0.3, -0.25) is 9.59 Å². The van der Waals surface area contributed by atoms with Gasteiger partial charge in [0.05, 0.1) is 18.5 Å². The van der Waals surface area contributed by atoms with Crippen LogP contribution in [0.5, 0.6) is 0 Å². The summed E-state index contributed by atoms with van der Waals surface area (Å²) in [7, 11) is 1.24. The van der Waals surface area contributed by atoms with Crippen molar-refractivity contribution in [3.63, 3.8) is 0 Å². The number of hydrogen-bond donors (Lipinski definition) is 2. The first kappa shape index (κ1) is 15.2. The Labute approximate surface area is 115 Å². The van der Waals surface area contributed by atoms with Gasteiger partial charge < -0.3 is 15.4 Å². The molecule has 1 atom stereocenters. The molecule has 2 amide bonds. The van der Waals surface area contributed by atoms with E-state index in [1.54, 1.807) is 6.07 Å². The Balaban J connectivity index is 2.38. The van der Waals surface area contributed by atoms with E-state index in [4.69, 9.17) is 0 Å². The zero-order chi connectivity index (χ0) is 14.4. The second-order valence-corrected chi connectivity index (χ2v) is 5.19. The molecule has 6 nitrogen and oxygen atoms in total. The lowest BCUT2D eigenvalue weighted by Gasteiger charge is -2.11. The average molecular weight is 284 g/mol. The monoisotopic (exact) mass is 284 g/mol. The normalized spacial score (nSPS) is 11.5. The van der Waals surface area contributed by atoms with E-state index in [1.165, 1.54) is 25.4 Å². The van der Waals surface area contributed by atoms with Crippen molar-refractivity contribution in [2.24, 2.45) is 0 Å². The second-order valence-electron chi connectivity index (χ2n) is 3.91. The lowest BCUT2D eigenvalue weighted by molar-refractivity contribution is -0.144. The van der Waals surface area contributed by atoms with Crippen LogP contribution in [0, 0.1) is 6.92 Å². The van der Waals surface area contributed by atoms with E-state index < -0.39 is 17.9 Å². The molecule has 0 saturated carbocycles. The van der Waals surface area contributed by atoms with E-state index in [2.05, 4.69) is 15.4 Å². The zero-order valence-corrected chi connectivity index (χ0v) is 11.8. The predicted molar refractivity (Wildman–Crippen MR) is 71.0 cm³/mol. The molecule has 0 spiro atoms. The Morgan fingerprint density at radius 1 is 1.37 bits per heavy atom. The lowest BCUT2D eigenvalue weighted by Crippen LogP contribution is -2.44. The van der Waals surface area contributed by atoms with Crippen LogP contribution in [-0.4, -0.2) is 37.5 Å². The number of thiophene rings is 1. The molecule has 0 bridgehead atoms. The summed E-state index contributed by atoms with van der Waals surface area (Å²) in [6, 6.07) is 2.79. The Morgan fingerprint density at radius 3 is 2.58 bits per heavy atom. The van der Waals surface area contributed by atoms with Crippen LogP contribution in [0.2, 0.25) is 0 Å². The van der Waals surface area contributed by atoms with E-state index in [0.717, 1.165) is 4.88 Å². The number of ether oxygens (including phenoxy) is 1. The molecule has 19 heavy (non-hydrogen) atoms. The van der Waals surface area contributed by atoms with Gasteiger partial charge >= 0.3 is 5.97 Å². The van der Waals surface area contributed by atoms with Crippen LogP contribution < -0.4 is 10.6 Å². The number of carbonyl (C=O) groups is 3. The van der Waals surface area contributed by atoms with E-state index in [1.807, 2.05) is 13.0 Å². The first-order valence-electron chi connectivity index (χ1n) is 5.66. The van der Waals surface area contributed by atoms with Crippen LogP contribution >= 0.6 is 11.3 Å². The van der Waals surface area contributed by atoms with Crippen molar-refractivity contribution in [1.82, 2.24) is 10.6 Å². The molecule has 0 aliphatic rings. The van der Waals surface area contributed by atoms with Gasteiger partial charge in [-0.1, -0.05) is 0 Å². The molecule has 1 aromatic heterocycles. The average Bonchev–Trinajstić information content (AvgIpc) is 2.81. The summed E-state index contributed by atoms with van der Waals surface area (Å²) in [5.41, 5.74) is 0. The Bertz CT molecular complexity index is 484. The second kappa shape index (κ2) is 6.89. The lowest BCUT2D eigenvalue weighted by atomic mass is 10.3. The summed E-state index contributed by atoms with van der Waals surface area (Å²) in [5.74, 6) is -1.29.